The van der Waals surface area contributed by atoms with E-state index in [1.807, 2.05) is 0 Å². The smallest absolute Gasteiger partial charge is 0.313 e. The molecule has 1 N–H and O–H groups in total. The van der Waals surface area contributed by atoms with Gasteiger partial charge in [-0.15, -0.1) is 0 Å². The van der Waals surface area contributed by atoms with E-state index in [0.717, 1.165) is 6.07 Å². The van der Waals surface area contributed by atoms with Gasteiger partial charge in [-0.05, 0) is 0 Å². The van der Waals surface area contributed by atoms with E-state index in [4.69, 9.17) is 9.84 Å². The highest BCUT2D eigenvalue weighted by Gasteiger charge is 2.20. The maximum atomic E-state index is 13.6. The molecule has 0 unspecified atom stereocenters. The molecule has 94 valence electrons. The average Bonchev–Trinajstić information content (AvgIpc) is 2.28. The molecule has 0 saturated carbocycles. The molecule has 17 heavy (non-hydrogen) atoms. The molecule has 0 saturated heterocycles. The largest absolute Gasteiger partial charge is 0.490 e. The quantitative estimate of drug-likeness (QED) is 0.621. The highest BCUT2D eigenvalue weighted by Crippen LogP contribution is 2.33. The Bertz CT molecular complexity index is 425. The molecule has 1 rings (SSSR count). The molecular formula is C10H13FN2O4. The van der Waals surface area contributed by atoms with Crippen LogP contribution in [0.15, 0.2) is 12.1 Å². The van der Waals surface area contributed by atoms with Crippen LogP contribution in [-0.4, -0.2) is 37.3 Å². The molecule has 0 aliphatic rings. The Balaban J connectivity index is 3.22. The van der Waals surface area contributed by atoms with Gasteiger partial charge in [-0.25, -0.2) is 4.39 Å². The number of benzene rings is 1. The first-order chi connectivity index (χ1) is 8.01. The average molecular weight is 244 g/mol. The molecule has 0 amide bonds. The van der Waals surface area contributed by atoms with Gasteiger partial charge in [0.2, 0.25) is 0 Å². The van der Waals surface area contributed by atoms with Gasteiger partial charge in [0.15, 0.2) is 11.6 Å². The van der Waals surface area contributed by atoms with Gasteiger partial charge < -0.3 is 14.7 Å². The van der Waals surface area contributed by atoms with E-state index in [9.17, 15) is 14.5 Å². The van der Waals surface area contributed by atoms with Crippen molar-refractivity contribution in [3.8, 4) is 5.75 Å². The molecule has 0 bridgehead atoms. The zero-order valence-corrected chi connectivity index (χ0v) is 9.51. The summed E-state index contributed by atoms with van der Waals surface area (Å²) in [6, 6.07) is 2.05. The Kier molecular flexibility index (Phi) is 4.22. The van der Waals surface area contributed by atoms with E-state index >= 15 is 0 Å². The van der Waals surface area contributed by atoms with Crippen molar-refractivity contribution in [3.63, 3.8) is 0 Å². The molecular weight excluding hydrogens is 231 g/mol. The van der Waals surface area contributed by atoms with Crippen LogP contribution >= 0.6 is 0 Å². The van der Waals surface area contributed by atoms with Crippen LogP contribution in [0, 0.1) is 15.9 Å². The number of hydrogen-bond acceptors (Lipinski definition) is 5. The summed E-state index contributed by atoms with van der Waals surface area (Å²) in [6.07, 6.45) is 0. The lowest BCUT2D eigenvalue weighted by molar-refractivity contribution is -0.385. The minimum atomic E-state index is -0.728. The summed E-state index contributed by atoms with van der Waals surface area (Å²) in [4.78, 5) is 11.4. The Hall–Kier alpha value is -1.89. The number of anilines is 1. The molecule has 0 atom stereocenters. The second-order valence-corrected chi connectivity index (χ2v) is 3.38. The minimum absolute atomic E-state index is 0.0174. The maximum Gasteiger partial charge on any atom is 0.313 e. The summed E-state index contributed by atoms with van der Waals surface area (Å²) in [6.45, 7) is 0.0765. The lowest BCUT2D eigenvalue weighted by Crippen LogP contribution is -2.22. The van der Waals surface area contributed by atoms with Crippen LogP contribution in [0.25, 0.3) is 0 Å². The predicted octanol–water partition coefficient (Wildman–Crippen LogP) is 1.17. The van der Waals surface area contributed by atoms with Crippen molar-refractivity contribution in [2.45, 2.75) is 0 Å². The van der Waals surface area contributed by atoms with Crippen LogP contribution in [0.3, 0.4) is 0 Å². The van der Waals surface area contributed by atoms with E-state index in [0.29, 0.717) is 0 Å². The summed E-state index contributed by atoms with van der Waals surface area (Å²) in [5.41, 5.74) is -0.285. The number of nitro benzene ring substituents is 1. The molecule has 0 aromatic heterocycles. The molecule has 0 spiro atoms. The number of hydrogen-bond donors (Lipinski definition) is 1. The van der Waals surface area contributed by atoms with Gasteiger partial charge in [0.25, 0.3) is 0 Å². The highest BCUT2D eigenvalue weighted by molar-refractivity contribution is 5.60. The molecule has 0 aliphatic heterocycles. The third-order valence-electron chi connectivity index (χ3n) is 2.29. The molecule has 1 aromatic rings. The summed E-state index contributed by atoms with van der Waals surface area (Å²) >= 11 is 0. The normalized spacial score (nSPS) is 10.1. The van der Waals surface area contributed by atoms with Gasteiger partial charge in [0, 0.05) is 19.7 Å². The topological polar surface area (TPSA) is 75.8 Å². The second-order valence-electron chi connectivity index (χ2n) is 3.38. The maximum absolute atomic E-state index is 13.6. The van der Waals surface area contributed by atoms with E-state index < -0.39 is 16.4 Å². The Labute approximate surface area is 97.4 Å². The van der Waals surface area contributed by atoms with Crippen LogP contribution in [0.5, 0.6) is 5.75 Å². The molecule has 0 aliphatic carbocycles. The number of rotatable bonds is 5. The third kappa shape index (κ3) is 2.82. The number of methoxy groups -OCH3 is 1. The van der Waals surface area contributed by atoms with Crippen molar-refractivity contribution in [2.24, 2.45) is 0 Å². The summed E-state index contributed by atoms with van der Waals surface area (Å²) in [5, 5.41) is 19.4. The monoisotopic (exact) mass is 244 g/mol. The molecule has 0 fully saturated rings. The lowest BCUT2D eigenvalue weighted by Gasteiger charge is -2.19. The van der Waals surface area contributed by atoms with Gasteiger partial charge in [-0.2, -0.15) is 0 Å². The number of aliphatic hydroxyl groups excluding tert-OH is 1. The first kappa shape index (κ1) is 13.2. The van der Waals surface area contributed by atoms with E-state index in [-0.39, 0.29) is 24.6 Å². The first-order valence-electron chi connectivity index (χ1n) is 4.85. The molecule has 7 heteroatoms. The van der Waals surface area contributed by atoms with Gasteiger partial charge >= 0.3 is 5.69 Å². The van der Waals surface area contributed by atoms with E-state index in [2.05, 4.69) is 0 Å². The number of nitro groups is 1. The number of halogens is 1. The molecule has 1 aromatic carbocycles. The molecule has 6 nitrogen and oxygen atoms in total. The fourth-order valence-electron chi connectivity index (χ4n) is 1.40. The Morgan fingerprint density at radius 1 is 1.59 bits per heavy atom. The number of nitrogens with zero attached hydrogens (tertiary/aromatic N) is 2. The third-order valence-corrected chi connectivity index (χ3v) is 2.29. The fourth-order valence-corrected chi connectivity index (χ4v) is 1.40. The van der Waals surface area contributed by atoms with Crippen molar-refractivity contribution in [1.29, 1.82) is 0 Å². The first-order valence-corrected chi connectivity index (χ1v) is 4.85. The van der Waals surface area contributed by atoms with Crippen molar-refractivity contribution in [3.05, 3.63) is 28.1 Å². The van der Waals surface area contributed by atoms with Crippen LogP contribution in [0.1, 0.15) is 0 Å². The van der Waals surface area contributed by atoms with Crippen LogP contribution in [0.2, 0.25) is 0 Å². The fraction of sp³-hybridized carbons (Fsp3) is 0.400. The Morgan fingerprint density at radius 3 is 2.71 bits per heavy atom. The zero-order chi connectivity index (χ0) is 13.0. The molecule has 0 heterocycles. The van der Waals surface area contributed by atoms with Crippen LogP contribution in [0.4, 0.5) is 15.8 Å². The number of aliphatic hydroxyl groups is 1. The summed E-state index contributed by atoms with van der Waals surface area (Å²) in [7, 11) is 2.84. The highest BCUT2D eigenvalue weighted by atomic mass is 19.1. The number of ether oxygens (including phenoxy) is 1. The van der Waals surface area contributed by atoms with E-state index in [1.54, 1.807) is 7.05 Å². The van der Waals surface area contributed by atoms with Gasteiger partial charge in [-0.3, -0.25) is 10.1 Å². The standard InChI is InChI=1S/C10H13FN2O4/c1-12(3-4-14)8-6-10(17-2)9(13(15)16)5-7(8)11/h5-6,14H,3-4H2,1-2H3. The predicted molar refractivity (Wildman–Crippen MR) is 60.0 cm³/mol. The van der Waals surface area contributed by atoms with E-state index in [1.165, 1.54) is 18.1 Å². The molecule has 0 radical (unpaired) electrons. The summed E-state index contributed by atoms with van der Waals surface area (Å²) < 4.78 is 18.5. The summed E-state index contributed by atoms with van der Waals surface area (Å²) in [5.74, 6) is -0.746. The Morgan fingerprint density at radius 2 is 2.24 bits per heavy atom. The van der Waals surface area contributed by atoms with Crippen molar-refractivity contribution >= 4 is 11.4 Å². The zero-order valence-electron chi connectivity index (χ0n) is 9.51. The van der Waals surface area contributed by atoms with Gasteiger partial charge in [-0.1, -0.05) is 0 Å². The lowest BCUT2D eigenvalue weighted by atomic mass is 10.2. The minimum Gasteiger partial charge on any atom is -0.490 e. The van der Waals surface area contributed by atoms with Crippen LogP contribution < -0.4 is 9.64 Å². The number of likely N-dealkylation sites (N-methyl/N-ethyl adjacent to an activating group) is 1. The van der Waals surface area contributed by atoms with Crippen LogP contribution in [-0.2, 0) is 0 Å². The van der Waals surface area contributed by atoms with Gasteiger partial charge in [0.05, 0.1) is 30.4 Å². The second kappa shape index (κ2) is 5.44. The van der Waals surface area contributed by atoms with Crippen molar-refractivity contribution in [2.75, 3.05) is 32.2 Å². The van der Waals surface area contributed by atoms with Gasteiger partial charge in [0.1, 0.15) is 0 Å². The van der Waals surface area contributed by atoms with Crippen molar-refractivity contribution in [1.82, 2.24) is 0 Å². The van der Waals surface area contributed by atoms with Crippen molar-refractivity contribution < 1.29 is 19.2 Å². The SMILES string of the molecule is COc1cc(N(C)CCO)c(F)cc1[N+](=O)[O-].